The number of hydrogen-bond donors (Lipinski definition) is 2. The summed E-state index contributed by atoms with van der Waals surface area (Å²) in [7, 11) is -3.13. The highest BCUT2D eigenvalue weighted by Gasteiger charge is 2.45. The molecule has 2 atom stereocenters. The number of nitrogens with one attached hydrogen (secondary N) is 2. The molecule has 4 amide bonds. The minimum Gasteiger partial charge on any atom is -0.310 e. The van der Waals surface area contributed by atoms with Crippen molar-refractivity contribution in [3.63, 3.8) is 0 Å². The second kappa shape index (κ2) is 8.13. The Balaban J connectivity index is 1.55. The lowest BCUT2D eigenvalue weighted by molar-refractivity contribution is -0.136. The van der Waals surface area contributed by atoms with Crippen molar-refractivity contribution < 1.29 is 27.6 Å². The molecule has 3 heterocycles. The predicted molar refractivity (Wildman–Crippen MR) is 110 cm³/mol. The minimum absolute atomic E-state index is 0.0249. The van der Waals surface area contributed by atoms with Crippen LogP contribution in [0.25, 0.3) is 0 Å². The molecule has 2 N–H and O–H groups in total. The van der Waals surface area contributed by atoms with Crippen LogP contribution in [0.15, 0.2) is 18.2 Å². The van der Waals surface area contributed by atoms with E-state index < -0.39 is 39.5 Å². The minimum atomic E-state index is -3.13. The fraction of sp³-hybridized carbons (Fsp3) is 0.500. The largest absolute Gasteiger partial charge is 0.310 e. The summed E-state index contributed by atoms with van der Waals surface area (Å²) in [5, 5.41) is 5.39. The molecule has 0 aromatic heterocycles. The van der Waals surface area contributed by atoms with E-state index in [4.69, 9.17) is 0 Å². The van der Waals surface area contributed by atoms with Gasteiger partial charge in [0.15, 0.2) is 0 Å². The average Bonchev–Trinajstić information content (AvgIpc) is 2.93. The van der Waals surface area contributed by atoms with Crippen molar-refractivity contribution >= 4 is 33.5 Å². The summed E-state index contributed by atoms with van der Waals surface area (Å²) < 4.78 is 23.3. The first-order chi connectivity index (χ1) is 14.6. The molecule has 0 spiro atoms. The van der Waals surface area contributed by atoms with Crippen molar-refractivity contribution in [1.29, 1.82) is 0 Å². The van der Waals surface area contributed by atoms with E-state index in [-0.39, 0.29) is 35.8 Å². The van der Waals surface area contributed by atoms with Gasteiger partial charge in [-0.3, -0.25) is 34.3 Å². The van der Waals surface area contributed by atoms with Crippen molar-refractivity contribution in [2.45, 2.75) is 31.5 Å². The smallest absolute Gasteiger partial charge is 0.262 e. The quantitative estimate of drug-likeness (QED) is 0.543. The van der Waals surface area contributed by atoms with E-state index in [9.17, 15) is 27.6 Å². The SMILES string of the molecule is CS(=O)(=O)CC1CN(Cc2cccc3c2C(=O)N(C2CCC(=O)NC2=O)C3=O)CCN1. The van der Waals surface area contributed by atoms with E-state index in [0.717, 1.165) is 4.90 Å². The lowest BCUT2D eigenvalue weighted by Gasteiger charge is -2.33. The van der Waals surface area contributed by atoms with Crippen molar-refractivity contribution in [2.24, 2.45) is 0 Å². The highest BCUT2D eigenvalue weighted by atomic mass is 32.2. The molecule has 3 aliphatic rings. The standard InChI is InChI=1S/C20H24N4O6S/c1-31(29,30)11-13-10-23(8-7-21-13)9-12-3-2-4-14-17(12)20(28)24(19(14)27)15-5-6-16(25)22-18(15)26/h2-4,13,15,21H,5-11H2,1H3,(H,22,25,26). The maximum Gasteiger partial charge on any atom is 0.262 e. The molecule has 1 aromatic carbocycles. The number of fused-ring (bicyclic) bond motifs is 1. The fourth-order valence-corrected chi connectivity index (χ4v) is 5.43. The average molecular weight is 449 g/mol. The van der Waals surface area contributed by atoms with Crippen molar-refractivity contribution in [3.8, 4) is 0 Å². The first-order valence-electron chi connectivity index (χ1n) is 10.1. The lowest BCUT2D eigenvalue weighted by Crippen LogP contribution is -2.54. The summed E-state index contributed by atoms with van der Waals surface area (Å²) in [5.74, 6) is -2.10. The van der Waals surface area contributed by atoms with Gasteiger partial charge in [-0.25, -0.2) is 8.42 Å². The third kappa shape index (κ3) is 4.39. The van der Waals surface area contributed by atoms with E-state index in [1.807, 2.05) is 4.90 Å². The van der Waals surface area contributed by atoms with Crippen LogP contribution in [-0.4, -0.2) is 85.6 Å². The molecule has 4 rings (SSSR count). The lowest BCUT2D eigenvalue weighted by atomic mass is 10.0. The zero-order chi connectivity index (χ0) is 22.3. The van der Waals surface area contributed by atoms with E-state index in [0.29, 0.717) is 31.7 Å². The molecule has 31 heavy (non-hydrogen) atoms. The third-order valence-electron chi connectivity index (χ3n) is 5.79. The Morgan fingerprint density at radius 2 is 1.90 bits per heavy atom. The normalized spacial score (nSPS) is 25.0. The van der Waals surface area contributed by atoms with Crippen LogP contribution < -0.4 is 10.6 Å². The highest BCUT2D eigenvalue weighted by Crippen LogP contribution is 2.30. The van der Waals surface area contributed by atoms with E-state index in [1.54, 1.807) is 18.2 Å². The maximum atomic E-state index is 13.2. The maximum absolute atomic E-state index is 13.2. The zero-order valence-corrected chi connectivity index (χ0v) is 17.9. The van der Waals surface area contributed by atoms with Crippen LogP contribution in [-0.2, 0) is 26.0 Å². The van der Waals surface area contributed by atoms with Gasteiger partial charge in [-0.15, -0.1) is 0 Å². The first kappa shape index (κ1) is 21.6. The molecule has 1 aromatic rings. The molecule has 3 aliphatic heterocycles. The number of rotatable bonds is 5. The Morgan fingerprint density at radius 3 is 2.61 bits per heavy atom. The van der Waals surface area contributed by atoms with Crippen molar-refractivity contribution in [1.82, 2.24) is 20.4 Å². The van der Waals surface area contributed by atoms with Gasteiger partial charge >= 0.3 is 0 Å². The summed E-state index contributed by atoms with van der Waals surface area (Å²) in [6.07, 6.45) is 1.38. The van der Waals surface area contributed by atoms with Crippen molar-refractivity contribution in [3.05, 3.63) is 34.9 Å². The second-order valence-electron chi connectivity index (χ2n) is 8.27. The Bertz CT molecular complexity index is 1070. The highest BCUT2D eigenvalue weighted by molar-refractivity contribution is 7.90. The van der Waals surface area contributed by atoms with Gasteiger partial charge in [0, 0.05) is 44.9 Å². The number of carbonyl (C=O) groups excluding carboxylic acids is 4. The Hall–Kier alpha value is -2.63. The molecule has 2 saturated heterocycles. The molecule has 0 saturated carbocycles. The number of benzene rings is 1. The van der Waals surface area contributed by atoms with Crippen LogP contribution in [0.4, 0.5) is 0 Å². The molecular formula is C20H24N4O6S. The summed E-state index contributed by atoms with van der Waals surface area (Å²) in [4.78, 5) is 52.8. The molecule has 0 aliphatic carbocycles. The molecule has 10 nitrogen and oxygen atoms in total. The van der Waals surface area contributed by atoms with E-state index in [1.165, 1.54) is 6.26 Å². The van der Waals surface area contributed by atoms with Gasteiger partial charge in [0.05, 0.1) is 16.9 Å². The Kier molecular flexibility index (Phi) is 5.67. The summed E-state index contributed by atoms with van der Waals surface area (Å²) in [6.45, 7) is 2.16. The second-order valence-corrected chi connectivity index (χ2v) is 10.5. The molecule has 2 unspecified atom stereocenters. The summed E-state index contributed by atoms with van der Waals surface area (Å²) >= 11 is 0. The number of carbonyl (C=O) groups is 4. The van der Waals surface area contributed by atoms with Gasteiger partial charge in [0.25, 0.3) is 11.8 Å². The van der Waals surface area contributed by atoms with E-state index >= 15 is 0 Å². The molecular weight excluding hydrogens is 424 g/mol. The monoisotopic (exact) mass is 448 g/mol. The van der Waals surface area contributed by atoms with Crippen LogP contribution in [0.5, 0.6) is 0 Å². The van der Waals surface area contributed by atoms with Crippen LogP contribution in [0, 0.1) is 0 Å². The fourth-order valence-electron chi connectivity index (χ4n) is 4.47. The molecule has 0 bridgehead atoms. The number of imide groups is 2. The molecule has 2 fully saturated rings. The Labute approximate surface area is 179 Å². The molecule has 0 radical (unpaired) electrons. The summed E-state index contributed by atoms with van der Waals surface area (Å²) in [6, 6.07) is 3.82. The molecule has 11 heteroatoms. The van der Waals surface area contributed by atoms with Crippen LogP contribution in [0.1, 0.15) is 39.1 Å². The zero-order valence-electron chi connectivity index (χ0n) is 17.1. The van der Waals surface area contributed by atoms with Gasteiger partial charge in [-0.2, -0.15) is 0 Å². The van der Waals surface area contributed by atoms with Crippen molar-refractivity contribution in [2.75, 3.05) is 31.6 Å². The Morgan fingerprint density at radius 1 is 1.13 bits per heavy atom. The number of nitrogens with zero attached hydrogens (tertiary/aromatic N) is 2. The number of piperidine rings is 1. The van der Waals surface area contributed by atoms with Crippen LogP contribution in [0.2, 0.25) is 0 Å². The number of sulfone groups is 1. The van der Waals surface area contributed by atoms with Gasteiger partial charge < -0.3 is 5.32 Å². The van der Waals surface area contributed by atoms with Gasteiger partial charge in [0.1, 0.15) is 15.9 Å². The number of amides is 4. The first-order valence-corrected chi connectivity index (χ1v) is 12.2. The molecule has 166 valence electrons. The van der Waals surface area contributed by atoms with E-state index in [2.05, 4.69) is 10.6 Å². The summed E-state index contributed by atoms with van der Waals surface area (Å²) in [5.41, 5.74) is 1.18. The van der Waals surface area contributed by atoms with Gasteiger partial charge in [-0.1, -0.05) is 12.1 Å². The van der Waals surface area contributed by atoms with Gasteiger partial charge in [0.2, 0.25) is 11.8 Å². The van der Waals surface area contributed by atoms with Crippen LogP contribution >= 0.6 is 0 Å². The topological polar surface area (TPSA) is 133 Å². The third-order valence-corrected chi connectivity index (χ3v) is 6.80. The van der Waals surface area contributed by atoms with Crippen LogP contribution in [0.3, 0.4) is 0 Å². The number of hydrogen-bond acceptors (Lipinski definition) is 8. The van der Waals surface area contributed by atoms with Gasteiger partial charge in [-0.05, 0) is 18.1 Å². The predicted octanol–water partition coefficient (Wildman–Crippen LogP) is -1.09. The number of piperazine rings is 1.